The van der Waals surface area contributed by atoms with Crippen LogP contribution in [0.4, 0.5) is 5.69 Å². The Hall–Kier alpha value is -3.03. The van der Waals surface area contributed by atoms with Gasteiger partial charge in [-0.05, 0) is 48.4 Å². The Kier molecular flexibility index (Phi) is 7.55. The van der Waals surface area contributed by atoms with Crippen molar-refractivity contribution in [3.05, 3.63) is 88.9 Å². The molecule has 0 spiro atoms. The van der Waals surface area contributed by atoms with Gasteiger partial charge in [-0.2, -0.15) is 18.4 Å². The lowest BCUT2D eigenvalue weighted by atomic mass is 10.1. The van der Waals surface area contributed by atoms with Crippen molar-refractivity contribution in [2.75, 3.05) is 18.6 Å². The predicted molar refractivity (Wildman–Crippen MR) is 126 cm³/mol. The smallest absolute Gasteiger partial charge is 0.280 e. The zero-order chi connectivity index (χ0) is 22.3. The van der Waals surface area contributed by atoms with Crippen LogP contribution in [0.15, 0.2) is 82.8 Å². The average Bonchev–Trinajstić information content (AvgIpc) is 2.78. The maximum atomic E-state index is 12.5. The molecule has 0 unspecified atom stereocenters. The predicted octanol–water partition coefficient (Wildman–Crippen LogP) is 4.69. The SMILES string of the molecule is CCN(Cc1ccccc1)c1ccc(/C=N/NS(=O)(=O)c2cc(Cl)ccc2OC)cc1. The molecular formula is C23H24ClN3O3S. The van der Waals surface area contributed by atoms with Crippen LogP contribution in [-0.2, 0) is 16.6 Å². The maximum absolute atomic E-state index is 12.5. The number of hydrogen-bond donors (Lipinski definition) is 1. The van der Waals surface area contributed by atoms with Crippen molar-refractivity contribution in [3.63, 3.8) is 0 Å². The normalized spacial score (nSPS) is 11.5. The molecule has 8 heteroatoms. The fourth-order valence-corrected chi connectivity index (χ4v) is 4.27. The summed E-state index contributed by atoms with van der Waals surface area (Å²) in [6.07, 6.45) is 1.45. The Bertz CT molecular complexity index is 1130. The summed E-state index contributed by atoms with van der Waals surface area (Å²) in [4.78, 5) is 4.38. The molecule has 0 atom stereocenters. The van der Waals surface area contributed by atoms with Gasteiger partial charge in [0.1, 0.15) is 10.6 Å². The highest BCUT2D eigenvalue weighted by Gasteiger charge is 2.19. The molecule has 31 heavy (non-hydrogen) atoms. The molecule has 6 nitrogen and oxygen atoms in total. The van der Waals surface area contributed by atoms with E-state index in [0.717, 1.165) is 24.3 Å². The lowest BCUT2D eigenvalue weighted by molar-refractivity contribution is 0.402. The van der Waals surface area contributed by atoms with Gasteiger partial charge < -0.3 is 9.64 Å². The zero-order valence-corrected chi connectivity index (χ0v) is 18.9. The minimum atomic E-state index is -3.92. The number of sulfonamides is 1. The van der Waals surface area contributed by atoms with Crippen molar-refractivity contribution in [3.8, 4) is 5.75 Å². The van der Waals surface area contributed by atoms with E-state index in [1.165, 1.54) is 31.0 Å². The van der Waals surface area contributed by atoms with Crippen LogP contribution < -0.4 is 14.5 Å². The molecule has 0 aromatic heterocycles. The summed E-state index contributed by atoms with van der Waals surface area (Å²) in [5.41, 5.74) is 3.08. The van der Waals surface area contributed by atoms with E-state index >= 15 is 0 Å². The van der Waals surface area contributed by atoms with E-state index in [0.29, 0.717) is 0 Å². The molecule has 0 heterocycles. The molecule has 3 rings (SSSR count). The first-order valence-electron chi connectivity index (χ1n) is 9.70. The van der Waals surface area contributed by atoms with Crippen LogP contribution in [0.25, 0.3) is 0 Å². The van der Waals surface area contributed by atoms with E-state index in [2.05, 4.69) is 33.9 Å². The summed E-state index contributed by atoms with van der Waals surface area (Å²) < 4.78 is 30.2. The Labute approximate surface area is 188 Å². The number of ether oxygens (including phenoxy) is 1. The van der Waals surface area contributed by atoms with Crippen molar-refractivity contribution >= 4 is 33.5 Å². The van der Waals surface area contributed by atoms with E-state index < -0.39 is 10.0 Å². The Balaban J connectivity index is 1.68. The first kappa shape index (κ1) is 22.7. The molecule has 0 fully saturated rings. The van der Waals surface area contributed by atoms with Crippen LogP contribution >= 0.6 is 11.6 Å². The van der Waals surface area contributed by atoms with E-state index in [9.17, 15) is 8.42 Å². The highest BCUT2D eigenvalue weighted by atomic mass is 35.5. The van der Waals surface area contributed by atoms with Crippen LogP contribution in [0, 0.1) is 0 Å². The van der Waals surface area contributed by atoms with Crippen LogP contribution in [0.2, 0.25) is 5.02 Å². The van der Waals surface area contributed by atoms with Crippen molar-refractivity contribution in [1.82, 2.24) is 4.83 Å². The molecule has 0 saturated heterocycles. The highest BCUT2D eigenvalue weighted by molar-refractivity contribution is 7.89. The summed E-state index contributed by atoms with van der Waals surface area (Å²) >= 11 is 5.92. The number of hydrazone groups is 1. The van der Waals surface area contributed by atoms with Gasteiger partial charge in [0.05, 0.1) is 13.3 Å². The lowest BCUT2D eigenvalue weighted by Gasteiger charge is -2.23. The third kappa shape index (κ3) is 5.99. The lowest BCUT2D eigenvalue weighted by Crippen LogP contribution is -2.21. The minimum Gasteiger partial charge on any atom is -0.495 e. The van der Waals surface area contributed by atoms with Crippen LogP contribution in [0.5, 0.6) is 5.75 Å². The fraction of sp³-hybridized carbons (Fsp3) is 0.174. The number of nitrogens with one attached hydrogen (secondary N) is 1. The van der Waals surface area contributed by atoms with E-state index in [4.69, 9.17) is 16.3 Å². The summed E-state index contributed by atoms with van der Waals surface area (Å²) in [5.74, 6) is 0.189. The quantitative estimate of drug-likeness (QED) is 0.374. The summed E-state index contributed by atoms with van der Waals surface area (Å²) in [6.45, 7) is 3.78. The molecule has 0 aliphatic rings. The number of benzene rings is 3. The molecule has 1 N–H and O–H groups in total. The van der Waals surface area contributed by atoms with Gasteiger partial charge in [0.2, 0.25) is 0 Å². The van der Waals surface area contributed by atoms with Crippen molar-refractivity contribution in [2.45, 2.75) is 18.4 Å². The van der Waals surface area contributed by atoms with E-state index in [1.807, 2.05) is 42.5 Å². The number of rotatable bonds is 9. The molecule has 3 aromatic rings. The van der Waals surface area contributed by atoms with Crippen LogP contribution in [-0.4, -0.2) is 28.3 Å². The molecule has 0 aliphatic carbocycles. The standard InChI is InChI=1S/C23H24ClN3O3S/c1-3-27(17-19-7-5-4-6-8-19)21-12-9-18(10-13-21)16-25-26-31(28,29)23-15-20(24)11-14-22(23)30-2/h4-16,26H,3,17H2,1-2H3/b25-16+. The molecule has 0 bridgehead atoms. The summed E-state index contributed by atoms with van der Waals surface area (Å²) in [5, 5.41) is 4.17. The van der Waals surface area contributed by atoms with Crippen molar-refractivity contribution in [1.29, 1.82) is 0 Å². The Morgan fingerprint density at radius 3 is 2.42 bits per heavy atom. The highest BCUT2D eigenvalue weighted by Crippen LogP contribution is 2.26. The largest absolute Gasteiger partial charge is 0.495 e. The number of halogens is 1. The zero-order valence-electron chi connectivity index (χ0n) is 17.3. The van der Waals surface area contributed by atoms with Gasteiger partial charge >= 0.3 is 0 Å². The number of methoxy groups -OCH3 is 1. The second-order valence-electron chi connectivity index (χ2n) is 6.74. The Morgan fingerprint density at radius 2 is 1.77 bits per heavy atom. The molecule has 0 radical (unpaired) electrons. The second kappa shape index (κ2) is 10.3. The van der Waals surface area contributed by atoms with Gasteiger partial charge in [-0.3, -0.25) is 0 Å². The Morgan fingerprint density at radius 1 is 1.06 bits per heavy atom. The molecule has 0 saturated carbocycles. The molecule has 0 amide bonds. The van der Waals surface area contributed by atoms with Crippen molar-refractivity contribution < 1.29 is 13.2 Å². The molecule has 0 aliphatic heterocycles. The monoisotopic (exact) mass is 457 g/mol. The molecule has 162 valence electrons. The number of hydrogen-bond acceptors (Lipinski definition) is 5. The third-order valence-electron chi connectivity index (χ3n) is 4.66. The van der Waals surface area contributed by atoms with E-state index in [1.54, 1.807) is 6.07 Å². The van der Waals surface area contributed by atoms with Gasteiger partial charge in [-0.25, -0.2) is 0 Å². The van der Waals surface area contributed by atoms with Gasteiger partial charge in [-0.1, -0.05) is 54.1 Å². The molecular weight excluding hydrogens is 434 g/mol. The number of nitrogens with zero attached hydrogens (tertiary/aromatic N) is 2. The number of anilines is 1. The van der Waals surface area contributed by atoms with Gasteiger partial charge in [-0.15, -0.1) is 0 Å². The average molecular weight is 458 g/mol. The second-order valence-corrected chi connectivity index (χ2v) is 8.81. The van der Waals surface area contributed by atoms with Crippen LogP contribution in [0.1, 0.15) is 18.1 Å². The first-order chi connectivity index (χ1) is 14.9. The van der Waals surface area contributed by atoms with Crippen LogP contribution in [0.3, 0.4) is 0 Å². The third-order valence-corrected chi connectivity index (χ3v) is 6.14. The van der Waals surface area contributed by atoms with Gasteiger partial charge in [0.15, 0.2) is 0 Å². The summed E-state index contributed by atoms with van der Waals surface area (Å²) in [7, 11) is -2.53. The fourth-order valence-electron chi connectivity index (χ4n) is 3.04. The minimum absolute atomic E-state index is 0.0745. The topological polar surface area (TPSA) is 71.0 Å². The van der Waals surface area contributed by atoms with Gasteiger partial charge in [0.25, 0.3) is 10.0 Å². The summed E-state index contributed by atoms with van der Waals surface area (Å²) in [6, 6.07) is 22.4. The molecule has 3 aromatic carbocycles. The maximum Gasteiger partial charge on any atom is 0.280 e. The van der Waals surface area contributed by atoms with Crippen molar-refractivity contribution in [2.24, 2.45) is 5.10 Å². The van der Waals surface area contributed by atoms with E-state index in [-0.39, 0.29) is 15.7 Å². The van der Waals surface area contributed by atoms with Gasteiger partial charge in [0, 0.05) is 23.8 Å². The first-order valence-corrected chi connectivity index (χ1v) is 11.6.